The predicted octanol–water partition coefficient (Wildman–Crippen LogP) is 2.79. The first-order valence-electron chi connectivity index (χ1n) is 6.92. The number of hydrogen-bond donors (Lipinski definition) is 1. The highest BCUT2D eigenvalue weighted by Crippen LogP contribution is 2.29. The van der Waals surface area contributed by atoms with E-state index in [9.17, 15) is 0 Å². The van der Waals surface area contributed by atoms with Crippen molar-refractivity contribution in [3.05, 3.63) is 11.7 Å². The normalized spacial score (nSPS) is 18.2. The van der Waals surface area contributed by atoms with Gasteiger partial charge in [-0.2, -0.15) is 4.98 Å². The Labute approximate surface area is 103 Å². The smallest absolute Gasteiger partial charge is 0.226 e. The molecule has 0 unspecified atom stereocenters. The van der Waals surface area contributed by atoms with Gasteiger partial charge in [0.1, 0.15) is 0 Å². The van der Waals surface area contributed by atoms with Gasteiger partial charge in [0.25, 0.3) is 0 Å². The van der Waals surface area contributed by atoms with Crippen molar-refractivity contribution in [3.63, 3.8) is 0 Å². The van der Waals surface area contributed by atoms with Gasteiger partial charge in [-0.05, 0) is 32.2 Å². The zero-order chi connectivity index (χ0) is 11.9. The van der Waals surface area contributed by atoms with E-state index in [-0.39, 0.29) is 0 Å². The van der Waals surface area contributed by atoms with Gasteiger partial charge >= 0.3 is 0 Å². The van der Waals surface area contributed by atoms with E-state index in [1.165, 1.54) is 38.5 Å². The number of hydrogen-bond acceptors (Lipinski definition) is 4. The van der Waals surface area contributed by atoms with Crippen LogP contribution in [0.5, 0.6) is 0 Å². The highest BCUT2D eigenvalue weighted by atomic mass is 16.5. The molecular weight excluding hydrogens is 214 g/mol. The Morgan fingerprint density at radius 3 is 2.59 bits per heavy atom. The average Bonchev–Trinajstić information content (AvgIpc) is 2.64. The van der Waals surface area contributed by atoms with Gasteiger partial charge < -0.3 is 10.3 Å². The second-order valence-corrected chi connectivity index (χ2v) is 4.98. The van der Waals surface area contributed by atoms with Gasteiger partial charge in [0.15, 0.2) is 5.82 Å². The number of aryl methyl sites for hydroxylation is 1. The molecule has 0 aromatic carbocycles. The van der Waals surface area contributed by atoms with Crippen molar-refractivity contribution in [2.45, 2.75) is 63.7 Å². The summed E-state index contributed by atoms with van der Waals surface area (Å²) in [6.07, 6.45) is 10.7. The molecular formula is C13H23N3O. The molecule has 1 aromatic heterocycles. The Balaban J connectivity index is 1.87. The lowest BCUT2D eigenvalue weighted by Gasteiger charge is -2.07. The van der Waals surface area contributed by atoms with Crippen molar-refractivity contribution < 1.29 is 4.52 Å². The van der Waals surface area contributed by atoms with Crippen LogP contribution in [0.4, 0.5) is 0 Å². The third-order valence-corrected chi connectivity index (χ3v) is 3.55. The Bertz CT molecular complexity index is 316. The molecule has 4 heteroatoms. The summed E-state index contributed by atoms with van der Waals surface area (Å²) >= 11 is 0. The monoisotopic (exact) mass is 237 g/mol. The predicted molar refractivity (Wildman–Crippen MR) is 66.7 cm³/mol. The molecule has 0 bridgehead atoms. The van der Waals surface area contributed by atoms with E-state index in [0.29, 0.717) is 5.92 Å². The number of aromatic nitrogens is 2. The van der Waals surface area contributed by atoms with Crippen molar-refractivity contribution in [2.75, 3.05) is 6.54 Å². The number of nitrogens with two attached hydrogens (primary N) is 1. The van der Waals surface area contributed by atoms with Crippen LogP contribution in [0.3, 0.4) is 0 Å². The molecule has 2 N–H and O–H groups in total. The van der Waals surface area contributed by atoms with Crippen molar-refractivity contribution in [1.82, 2.24) is 10.1 Å². The highest BCUT2D eigenvalue weighted by Gasteiger charge is 2.19. The molecule has 2 rings (SSSR count). The van der Waals surface area contributed by atoms with E-state index >= 15 is 0 Å². The summed E-state index contributed by atoms with van der Waals surface area (Å²) in [7, 11) is 0. The van der Waals surface area contributed by atoms with Crippen molar-refractivity contribution in [1.29, 1.82) is 0 Å². The molecule has 4 nitrogen and oxygen atoms in total. The minimum absolute atomic E-state index is 0.532. The molecule has 0 saturated heterocycles. The van der Waals surface area contributed by atoms with Gasteiger partial charge in [-0.1, -0.05) is 30.8 Å². The largest absolute Gasteiger partial charge is 0.339 e. The summed E-state index contributed by atoms with van der Waals surface area (Å²) in [6, 6.07) is 0. The van der Waals surface area contributed by atoms with E-state index < -0.39 is 0 Å². The Morgan fingerprint density at radius 2 is 1.88 bits per heavy atom. The zero-order valence-electron chi connectivity index (χ0n) is 10.5. The van der Waals surface area contributed by atoms with Gasteiger partial charge in [-0.15, -0.1) is 0 Å². The number of rotatable bonds is 5. The average molecular weight is 237 g/mol. The van der Waals surface area contributed by atoms with Crippen LogP contribution in [0.15, 0.2) is 4.52 Å². The Morgan fingerprint density at radius 1 is 1.12 bits per heavy atom. The van der Waals surface area contributed by atoms with Gasteiger partial charge in [-0.3, -0.25) is 0 Å². The molecule has 1 fully saturated rings. The van der Waals surface area contributed by atoms with E-state index in [0.717, 1.165) is 37.5 Å². The van der Waals surface area contributed by atoms with Gasteiger partial charge in [-0.25, -0.2) is 0 Å². The molecule has 17 heavy (non-hydrogen) atoms. The van der Waals surface area contributed by atoms with E-state index in [4.69, 9.17) is 10.3 Å². The van der Waals surface area contributed by atoms with Crippen LogP contribution >= 0.6 is 0 Å². The van der Waals surface area contributed by atoms with Gasteiger partial charge in [0.2, 0.25) is 5.89 Å². The molecule has 1 saturated carbocycles. The second kappa shape index (κ2) is 6.74. The minimum atomic E-state index is 0.532. The van der Waals surface area contributed by atoms with E-state index in [1.807, 2.05) is 0 Å². The first-order chi connectivity index (χ1) is 8.40. The lowest BCUT2D eigenvalue weighted by molar-refractivity contribution is 0.364. The summed E-state index contributed by atoms with van der Waals surface area (Å²) in [5.74, 6) is 2.26. The molecule has 1 aromatic rings. The molecule has 0 amide bonds. The number of unbranched alkanes of at least 4 members (excludes halogenated alkanes) is 1. The summed E-state index contributed by atoms with van der Waals surface area (Å²) in [6.45, 7) is 0.740. The van der Waals surface area contributed by atoms with E-state index in [1.54, 1.807) is 0 Å². The second-order valence-electron chi connectivity index (χ2n) is 4.98. The lowest BCUT2D eigenvalue weighted by Crippen LogP contribution is -2.01. The molecule has 0 atom stereocenters. The quantitative estimate of drug-likeness (QED) is 0.631. The fourth-order valence-corrected chi connectivity index (χ4v) is 2.49. The first-order valence-corrected chi connectivity index (χ1v) is 6.92. The van der Waals surface area contributed by atoms with Crippen LogP contribution in [0.25, 0.3) is 0 Å². The maximum Gasteiger partial charge on any atom is 0.226 e. The summed E-state index contributed by atoms with van der Waals surface area (Å²) in [5.41, 5.74) is 5.47. The fourth-order valence-electron chi connectivity index (χ4n) is 2.49. The lowest BCUT2D eigenvalue weighted by atomic mass is 10.00. The maximum atomic E-state index is 5.47. The van der Waals surface area contributed by atoms with Crippen molar-refractivity contribution in [3.8, 4) is 0 Å². The standard InChI is InChI=1S/C13H23N3O/c14-10-6-5-9-12-15-13(16-17-12)11-7-3-1-2-4-8-11/h11H,1-10,14H2. The Kier molecular flexibility index (Phi) is 4.98. The summed E-state index contributed by atoms with van der Waals surface area (Å²) < 4.78 is 5.30. The van der Waals surface area contributed by atoms with Crippen LogP contribution in [-0.2, 0) is 6.42 Å². The molecule has 0 spiro atoms. The summed E-state index contributed by atoms with van der Waals surface area (Å²) in [4.78, 5) is 4.53. The SMILES string of the molecule is NCCCCc1nc(C2CCCCCC2)no1. The van der Waals surface area contributed by atoms with Crippen LogP contribution in [0.2, 0.25) is 0 Å². The third kappa shape index (κ3) is 3.80. The molecule has 96 valence electrons. The zero-order valence-corrected chi connectivity index (χ0v) is 10.5. The maximum absolute atomic E-state index is 5.47. The molecule has 1 aliphatic rings. The van der Waals surface area contributed by atoms with Crippen molar-refractivity contribution >= 4 is 0 Å². The van der Waals surface area contributed by atoms with Gasteiger partial charge in [0.05, 0.1) is 0 Å². The van der Waals surface area contributed by atoms with Gasteiger partial charge in [0, 0.05) is 12.3 Å². The van der Waals surface area contributed by atoms with Crippen molar-refractivity contribution in [2.24, 2.45) is 5.73 Å². The third-order valence-electron chi connectivity index (χ3n) is 3.55. The van der Waals surface area contributed by atoms with E-state index in [2.05, 4.69) is 10.1 Å². The highest BCUT2D eigenvalue weighted by molar-refractivity contribution is 4.96. The van der Waals surface area contributed by atoms with Crippen LogP contribution in [-0.4, -0.2) is 16.7 Å². The summed E-state index contributed by atoms with van der Waals surface area (Å²) in [5, 5.41) is 4.14. The first kappa shape index (κ1) is 12.6. The van der Waals surface area contributed by atoms with Crippen LogP contribution in [0.1, 0.15) is 69.0 Å². The topological polar surface area (TPSA) is 64.9 Å². The molecule has 1 aliphatic carbocycles. The number of nitrogens with zero attached hydrogens (tertiary/aromatic N) is 2. The molecule has 0 radical (unpaired) electrons. The Hall–Kier alpha value is -0.900. The molecule has 0 aliphatic heterocycles. The van der Waals surface area contributed by atoms with Crippen LogP contribution < -0.4 is 5.73 Å². The molecule has 1 heterocycles. The van der Waals surface area contributed by atoms with Crippen LogP contribution in [0, 0.1) is 0 Å². The minimum Gasteiger partial charge on any atom is -0.339 e. The fraction of sp³-hybridized carbons (Fsp3) is 0.846.